The van der Waals surface area contributed by atoms with Gasteiger partial charge in [-0.2, -0.15) is 0 Å². The number of rotatable bonds is 7. The van der Waals surface area contributed by atoms with Crippen molar-refractivity contribution in [2.24, 2.45) is 5.73 Å². The van der Waals surface area contributed by atoms with E-state index in [9.17, 15) is 9.59 Å². The number of ether oxygens (including phenoxy) is 1. The Balaban J connectivity index is 1.82. The van der Waals surface area contributed by atoms with E-state index < -0.39 is 5.91 Å². The molecule has 24 heavy (non-hydrogen) atoms. The zero-order valence-electron chi connectivity index (χ0n) is 12.7. The van der Waals surface area contributed by atoms with Crippen LogP contribution in [0.2, 0.25) is 10.0 Å². The van der Waals surface area contributed by atoms with Gasteiger partial charge in [0.25, 0.3) is 11.8 Å². The Labute approximate surface area is 149 Å². The van der Waals surface area contributed by atoms with Crippen molar-refractivity contribution in [2.75, 3.05) is 13.2 Å². The fraction of sp³-hybridized carbons (Fsp3) is 0.176. The summed E-state index contributed by atoms with van der Waals surface area (Å²) in [4.78, 5) is 23.2. The number of hydrogen-bond donors (Lipinski definition) is 2. The maximum absolute atomic E-state index is 11.8. The number of primary amides is 1. The summed E-state index contributed by atoms with van der Waals surface area (Å²) in [6.45, 7) is 0.225. The highest BCUT2D eigenvalue weighted by Crippen LogP contribution is 2.22. The normalized spacial score (nSPS) is 10.2. The Morgan fingerprint density at radius 1 is 1.08 bits per heavy atom. The Kier molecular flexibility index (Phi) is 6.46. The van der Waals surface area contributed by atoms with Crippen molar-refractivity contribution < 1.29 is 14.3 Å². The van der Waals surface area contributed by atoms with Gasteiger partial charge in [0.15, 0.2) is 6.61 Å². The first-order chi connectivity index (χ1) is 11.5. The molecule has 126 valence electrons. The molecule has 2 amide bonds. The van der Waals surface area contributed by atoms with Crippen LogP contribution in [0.3, 0.4) is 0 Å². The van der Waals surface area contributed by atoms with Gasteiger partial charge in [-0.3, -0.25) is 9.59 Å². The minimum Gasteiger partial charge on any atom is -0.483 e. The van der Waals surface area contributed by atoms with Crippen LogP contribution < -0.4 is 15.8 Å². The molecule has 0 aliphatic rings. The number of hydrogen-bond acceptors (Lipinski definition) is 3. The number of carbonyl (C=O) groups is 2. The Morgan fingerprint density at radius 3 is 2.54 bits per heavy atom. The third kappa shape index (κ3) is 5.44. The number of halogens is 2. The van der Waals surface area contributed by atoms with E-state index in [0.717, 1.165) is 5.56 Å². The molecule has 0 fully saturated rings. The van der Waals surface area contributed by atoms with Gasteiger partial charge in [0.1, 0.15) is 5.75 Å². The summed E-state index contributed by atoms with van der Waals surface area (Å²) in [7, 11) is 0. The zero-order valence-corrected chi connectivity index (χ0v) is 14.2. The Hall–Kier alpha value is -2.24. The van der Waals surface area contributed by atoms with Crippen molar-refractivity contribution in [2.45, 2.75) is 6.42 Å². The smallest absolute Gasteiger partial charge is 0.257 e. The second kappa shape index (κ2) is 8.57. The summed E-state index contributed by atoms with van der Waals surface area (Å²) in [6.07, 6.45) is 0.653. The molecule has 0 heterocycles. The minimum absolute atomic E-state index is 0.134. The average Bonchev–Trinajstić information content (AvgIpc) is 2.53. The first kappa shape index (κ1) is 18.1. The molecule has 0 spiro atoms. The molecule has 2 aromatic carbocycles. The SMILES string of the molecule is NC(=O)c1cc(Cl)ccc1OCC(=O)NCCc1cccc(Cl)c1. The number of benzene rings is 2. The van der Waals surface area contributed by atoms with Crippen molar-refractivity contribution in [3.63, 3.8) is 0 Å². The first-order valence-corrected chi connectivity index (χ1v) is 7.94. The summed E-state index contributed by atoms with van der Waals surface area (Å²) in [5, 5.41) is 3.75. The van der Waals surface area contributed by atoms with Gasteiger partial charge in [-0.05, 0) is 42.3 Å². The lowest BCUT2D eigenvalue weighted by atomic mass is 10.1. The molecular formula is C17H16Cl2N2O3. The summed E-state index contributed by atoms with van der Waals surface area (Å²) >= 11 is 11.7. The summed E-state index contributed by atoms with van der Waals surface area (Å²) in [6, 6.07) is 11.9. The Bertz CT molecular complexity index is 750. The van der Waals surface area contributed by atoms with Crippen LogP contribution >= 0.6 is 23.2 Å². The van der Waals surface area contributed by atoms with Gasteiger partial charge in [-0.1, -0.05) is 35.3 Å². The van der Waals surface area contributed by atoms with Gasteiger partial charge >= 0.3 is 0 Å². The van der Waals surface area contributed by atoms with Gasteiger partial charge in [0.05, 0.1) is 5.56 Å². The van der Waals surface area contributed by atoms with Crippen molar-refractivity contribution in [3.05, 3.63) is 63.6 Å². The highest BCUT2D eigenvalue weighted by molar-refractivity contribution is 6.31. The van der Waals surface area contributed by atoms with Gasteiger partial charge in [0, 0.05) is 16.6 Å². The fourth-order valence-corrected chi connectivity index (χ4v) is 2.44. The molecule has 0 aromatic heterocycles. The van der Waals surface area contributed by atoms with E-state index in [4.69, 9.17) is 33.7 Å². The second-order valence-corrected chi connectivity index (χ2v) is 5.90. The molecule has 0 aliphatic carbocycles. The maximum atomic E-state index is 11.8. The van der Waals surface area contributed by atoms with Crippen LogP contribution in [0.4, 0.5) is 0 Å². The molecule has 0 saturated carbocycles. The molecule has 3 N–H and O–H groups in total. The number of nitrogens with two attached hydrogens (primary N) is 1. The zero-order chi connectivity index (χ0) is 17.5. The lowest BCUT2D eigenvalue weighted by Crippen LogP contribution is -2.31. The van der Waals surface area contributed by atoms with Gasteiger partial charge < -0.3 is 15.8 Å². The number of nitrogens with one attached hydrogen (secondary N) is 1. The predicted octanol–water partition coefficient (Wildman–Crippen LogP) is 2.83. The van der Waals surface area contributed by atoms with Crippen LogP contribution in [0.15, 0.2) is 42.5 Å². The van der Waals surface area contributed by atoms with Gasteiger partial charge in [-0.25, -0.2) is 0 Å². The summed E-state index contributed by atoms with van der Waals surface area (Å²) in [5.41, 5.74) is 6.42. The molecule has 0 aliphatic heterocycles. The van der Waals surface area contributed by atoms with Crippen LogP contribution in [0.25, 0.3) is 0 Å². The first-order valence-electron chi connectivity index (χ1n) is 7.19. The molecule has 0 unspecified atom stereocenters. The van der Waals surface area contributed by atoms with E-state index in [2.05, 4.69) is 5.32 Å². The van der Waals surface area contributed by atoms with Gasteiger partial charge in [0.2, 0.25) is 0 Å². The van der Waals surface area contributed by atoms with Crippen LogP contribution in [-0.4, -0.2) is 25.0 Å². The molecule has 7 heteroatoms. The number of carbonyl (C=O) groups excluding carboxylic acids is 2. The van der Waals surface area contributed by atoms with Crippen LogP contribution in [0, 0.1) is 0 Å². The van der Waals surface area contributed by atoms with Crippen LogP contribution in [0.1, 0.15) is 15.9 Å². The molecule has 5 nitrogen and oxygen atoms in total. The molecule has 2 rings (SSSR count). The largest absolute Gasteiger partial charge is 0.483 e. The Morgan fingerprint density at radius 2 is 1.83 bits per heavy atom. The summed E-state index contributed by atoms with van der Waals surface area (Å²) < 4.78 is 5.34. The van der Waals surface area contributed by atoms with Crippen molar-refractivity contribution in [1.82, 2.24) is 5.32 Å². The van der Waals surface area contributed by atoms with E-state index in [1.807, 2.05) is 18.2 Å². The average molecular weight is 367 g/mol. The van der Waals surface area contributed by atoms with Crippen LogP contribution in [-0.2, 0) is 11.2 Å². The minimum atomic E-state index is -0.672. The van der Waals surface area contributed by atoms with E-state index in [0.29, 0.717) is 23.0 Å². The highest BCUT2D eigenvalue weighted by Gasteiger charge is 2.11. The van der Waals surface area contributed by atoms with E-state index in [1.165, 1.54) is 12.1 Å². The van der Waals surface area contributed by atoms with Crippen molar-refractivity contribution in [1.29, 1.82) is 0 Å². The van der Waals surface area contributed by atoms with E-state index in [-0.39, 0.29) is 23.8 Å². The molecule has 0 saturated heterocycles. The molecule has 2 aromatic rings. The quantitative estimate of drug-likeness (QED) is 0.790. The lowest BCUT2D eigenvalue weighted by molar-refractivity contribution is -0.123. The lowest BCUT2D eigenvalue weighted by Gasteiger charge is -2.10. The highest BCUT2D eigenvalue weighted by atomic mass is 35.5. The predicted molar refractivity (Wildman–Crippen MR) is 93.6 cm³/mol. The topological polar surface area (TPSA) is 81.4 Å². The van der Waals surface area contributed by atoms with Crippen LogP contribution in [0.5, 0.6) is 5.75 Å². The standard InChI is InChI=1S/C17H16Cl2N2O3/c18-12-3-1-2-11(8-12)6-7-21-16(22)10-24-15-5-4-13(19)9-14(15)17(20)23/h1-5,8-9H,6-7,10H2,(H2,20,23)(H,21,22). The molecule has 0 radical (unpaired) electrons. The molecular weight excluding hydrogens is 351 g/mol. The third-order valence-electron chi connectivity index (χ3n) is 3.19. The number of amides is 2. The summed E-state index contributed by atoms with van der Waals surface area (Å²) in [5.74, 6) is -0.756. The fourth-order valence-electron chi connectivity index (χ4n) is 2.05. The van der Waals surface area contributed by atoms with Crippen molar-refractivity contribution in [3.8, 4) is 5.75 Å². The van der Waals surface area contributed by atoms with E-state index in [1.54, 1.807) is 12.1 Å². The third-order valence-corrected chi connectivity index (χ3v) is 3.66. The van der Waals surface area contributed by atoms with Gasteiger partial charge in [-0.15, -0.1) is 0 Å². The monoisotopic (exact) mass is 366 g/mol. The maximum Gasteiger partial charge on any atom is 0.257 e. The van der Waals surface area contributed by atoms with E-state index >= 15 is 0 Å². The molecule has 0 bridgehead atoms. The molecule has 0 atom stereocenters. The van der Waals surface area contributed by atoms with Crippen molar-refractivity contribution >= 4 is 35.0 Å². The second-order valence-electron chi connectivity index (χ2n) is 5.02.